The number of rotatable bonds is 5. The van der Waals surface area contributed by atoms with Crippen LogP contribution in [0.3, 0.4) is 0 Å². The summed E-state index contributed by atoms with van der Waals surface area (Å²) in [6.45, 7) is 1.56. The van der Waals surface area contributed by atoms with E-state index in [-0.39, 0.29) is 0 Å². The molecule has 1 saturated heterocycles. The molecular weight excluding hydrogens is 212 g/mol. The highest BCUT2D eigenvalue weighted by Crippen LogP contribution is 2.39. The first-order valence-corrected chi connectivity index (χ1v) is 7.38. The number of hydrogen-bond donors (Lipinski definition) is 1. The SMILES string of the molecule is CNCCCS(=O)(=O)N1CC2CCC1C2. The molecule has 2 rings (SSSR count). The van der Waals surface area contributed by atoms with Crippen LogP contribution in [0.1, 0.15) is 25.7 Å². The fraction of sp³-hybridized carbons (Fsp3) is 1.00. The van der Waals surface area contributed by atoms with Crippen LogP contribution in [0, 0.1) is 5.92 Å². The first-order valence-electron chi connectivity index (χ1n) is 5.77. The van der Waals surface area contributed by atoms with Crippen molar-refractivity contribution in [3.05, 3.63) is 0 Å². The standard InChI is InChI=1S/C10H20N2O2S/c1-11-5-2-6-15(13,14)12-8-9-3-4-10(12)7-9/h9-11H,2-8H2,1H3. The van der Waals surface area contributed by atoms with E-state index in [0.29, 0.717) is 24.1 Å². The molecular formula is C10H20N2O2S. The zero-order valence-electron chi connectivity index (χ0n) is 9.28. The van der Waals surface area contributed by atoms with Crippen LogP contribution in [0.25, 0.3) is 0 Å². The van der Waals surface area contributed by atoms with E-state index in [1.54, 1.807) is 4.31 Å². The normalized spacial score (nSPS) is 31.3. The maximum atomic E-state index is 12.0. The third-order valence-corrected chi connectivity index (χ3v) is 5.51. The Morgan fingerprint density at radius 3 is 2.73 bits per heavy atom. The van der Waals surface area contributed by atoms with Gasteiger partial charge in [-0.15, -0.1) is 0 Å². The Morgan fingerprint density at radius 2 is 2.20 bits per heavy atom. The summed E-state index contributed by atoms with van der Waals surface area (Å²) in [5.74, 6) is 0.950. The summed E-state index contributed by atoms with van der Waals surface area (Å²) < 4.78 is 25.8. The summed E-state index contributed by atoms with van der Waals surface area (Å²) in [6.07, 6.45) is 4.13. The summed E-state index contributed by atoms with van der Waals surface area (Å²) in [4.78, 5) is 0. The first-order chi connectivity index (χ1) is 7.13. The van der Waals surface area contributed by atoms with Crippen LogP contribution in [0.5, 0.6) is 0 Å². The molecule has 2 fully saturated rings. The molecule has 0 aromatic carbocycles. The fourth-order valence-electron chi connectivity index (χ4n) is 2.77. The van der Waals surface area contributed by atoms with Crippen LogP contribution < -0.4 is 5.32 Å². The lowest BCUT2D eigenvalue weighted by atomic mass is 10.1. The third kappa shape index (κ3) is 2.34. The Bertz CT molecular complexity index is 315. The lowest BCUT2D eigenvalue weighted by molar-refractivity contribution is 0.333. The van der Waals surface area contributed by atoms with Gasteiger partial charge in [-0.25, -0.2) is 8.42 Å². The topological polar surface area (TPSA) is 49.4 Å². The van der Waals surface area contributed by atoms with Gasteiger partial charge in [0.05, 0.1) is 5.75 Å². The quantitative estimate of drug-likeness (QED) is 0.699. The molecule has 2 bridgehead atoms. The lowest BCUT2D eigenvalue weighted by Crippen LogP contribution is -2.39. The van der Waals surface area contributed by atoms with Gasteiger partial charge in [0.25, 0.3) is 0 Å². The summed E-state index contributed by atoms with van der Waals surface area (Å²) >= 11 is 0. The van der Waals surface area contributed by atoms with E-state index >= 15 is 0 Å². The molecule has 0 radical (unpaired) electrons. The van der Waals surface area contributed by atoms with Gasteiger partial charge in [0.1, 0.15) is 0 Å². The van der Waals surface area contributed by atoms with Crippen molar-refractivity contribution in [2.45, 2.75) is 31.7 Å². The van der Waals surface area contributed by atoms with Gasteiger partial charge in [0, 0.05) is 12.6 Å². The Hall–Kier alpha value is -0.130. The van der Waals surface area contributed by atoms with Crippen LogP contribution in [-0.2, 0) is 10.0 Å². The van der Waals surface area contributed by atoms with Crippen molar-refractivity contribution in [3.8, 4) is 0 Å². The van der Waals surface area contributed by atoms with Gasteiger partial charge in [0.2, 0.25) is 10.0 Å². The van der Waals surface area contributed by atoms with Crippen molar-refractivity contribution in [2.24, 2.45) is 5.92 Å². The van der Waals surface area contributed by atoms with E-state index in [1.165, 1.54) is 6.42 Å². The Balaban J connectivity index is 1.92. The number of piperidine rings is 1. The molecule has 88 valence electrons. The summed E-state index contributed by atoms with van der Waals surface area (Å²) in [7, 11) is -1.12. The molecule has 2 aliphatic rings. The van der Waals surface area contributed by atoms with Crippen molar-refractivity contribution >= 4 is 10.0 Å². The first kappa shape index (κ1) is 11.4. The molecule has 2 unspecified atom stereocenters. The Kier molecular flexibility index (Phi) is 3.33. The van der Waals surface area contributed by atoms with Crippen molar-refractivity contribution < 1.29 is 8.42 Å². The zero-order valence-corrected chi connectivity index (χ0v) is 10.1. The van der Waals surface area contributed by atoms with Crippen molar-refractivity contribution in [1.29, 1.82) is 0 Å². The number of sulfonamides is 1. The average molecular weight is 232 g/mol. The Labute approximate surface area is 92.1 Å². The molecule has 0 spiro atoms. The molecule has 0 aromatic heterocycles. The van der Waals surface area contributed by atoms with Gasteiger partial charge < -0.3 is 5.32 Å². The largest absolute Gasteiger partial charge is 0.320 e. The molecule has 0 amide bonds. The summed E-state index contributed by atoms with van der Waals surface area (Å²) in [6, 6.07) is 0.328. The number of nitrogens with zero attached hydrogens (tertiary/aromatic N) is 1. The molecule has 5 heteroatoms. The van der Waals surface area contributed by atoms with Crippen molar-refractivity contribution in [1.82, 2.24) is 9.62 Å². The minimum absolute atomic E-state index is 0.303. The number of nitrogens with one attached hydrogen (secondary N) is 1. The number of fused-ring (bicyclic) bond motifs is 2. The predicted molar refractivity (Wildman–Crippen MR) is 60.2 cm³/mol. The fourth-order valence-corrected chi connectivity index (χ4v) is 4.60. The minimum atomic E-state index is -2.97. The second-order valence-corrected chi connectivity index (χ2v) is 6.72. The minimum Gasteiger partial charge on any atom is -0.320 e. The monoisotopic (exact) mass is 232 g/mol. The van der Waals surface area contributed by atoms with Gasteiger partial charge in [-0.2, -0.15) is 4.31 Å². The second kappa shape index (κ2) is 4.39. The van der Waals surface area contributed by atoms with E-state index in [1.807, 2.05) is 7.05 Å². The van der Waals surface area contributed by atoms with E-state index in [2.05, 4.69) is 5.32 Å². The molecule has 1 heterocycles. The highest BCUT2D eigenvalue weighted by molar-refractivity contribution is 7.89. The van der Waals surface area contributed by atoms with Gasteiger partial charge in [0.15, 0.2) is 0 Å². The van der Waals surface area contributed by atoms with Crippen LogP contribution >= 0.6 is 0 Å². The van der Waals surface area contributed by atoms with E-state index in [4.69, 9.17) is 0 Å². The smallest absolute Gasteiger partial charge is 0.214 e. The summed E-state index contributed by atoms with van der Waals surface area (Å²) in [5, 5.41) is 2.98. The predicted octanol–water partition coefficient (Wildman–Crippen LogP) is 0.410. The molecule has 1 saturated carbocycles. The van der Waals surface area contributed by atoms with Crippen LogP contribution in [0.15, 0.2) is 0 Å². The molecule has 4 nitrogen and oxygen atoms in total. The lowest BCUT2D eigenvalue weighted by Gasteiger charge is -2.26. The molecule has 0 aromatic rings. The maximum Gasteiger partial charge on any atom is 0.214 e. The van der Waals surface area contributed by atoms with Crippen LogP contribution in [-0.4, -0.2) is 44.7 Å². The van der Waals surface area contributed by atoms with Gasteiger partial charge in [-0.05, 0) is 45.2 Å². The van der Waals surface area contributed by atoms with Gasteiger partial charge >= 0.3 is 0 Å². The third-order valence-electron chi connectivity index (χ3n) is 3.55. The molecule has 1 aliphatic carbocycles. The maximum absolute atomic E-state index is 12.0. The summed E-state index contributed by atoms with van der Waals surface area (Å²) in [5.41, 5.74) is 0. The van der Waals surface area contributed by atoms with Gasteiger partial charge in [-0.3, -0.25) is 0 Å². The van der Waals surface area contributed by atoms with E-state index in [9.17, 15) is 8.42 Å². The highest BCUT2D eigenvalue weighted by atomic mass is 32.2. The van der Waals surface area contributed by atoms with E-state index in [0.717, 1.165) is 25.9 Å². The molecule has 1 N–H and O–H groups in total. The number of hydrogen-bond acceptors (Lipinski definition) is 3. The average Bonchev–Trinajstić information content (AvgIpc) is 2.79. The van der Waals surface area contributed by atoms with Gasteiger partial charge in [-0.1, -0.05) is 0 Å². The van der Waals surface area contributed by atoms with Crippen molar-refractivity contribution in [3.63, 3.8) is 0 Å². The molecule has 1 aliphatic heterocycles. The molecule has 2 atom stereocenters. The van der Waals surface area contributed by atoms with Crippen LogP contribution in [0.2, 0.25) is 0 Å². The zero-order chi connectivity index (χ0) is 10.9. The Morgan fingerprint density at radius 1 is 1.40 bits per heavy atom. The highest BCUT2D eigenvalue weighted by Gasteiger charge is 2.43. The second-order valence-electron chi connectivity index (χ2n) is 4.68. The van der Waals surface area contributed by atoms with E-state index < -0.39 is 10.0 Å². The van der Waals surface area contributed by atoms with Crippen LogP contribution in [0.4, 0.5) is 0 Å². The van der Waals surface area contributed by atoms with Crippen molar-refractivity contribution in [2.75, 3.05) is 25.9 Å². The molecule has 15 heavy (non-hydrogen) atoms.